The molecule has 1 atom stereocenters. The summed E-state index contributed by atoms with van der Waals surface area (Å²) in [7, 11) is 1.53. The smallest absolute Gasteiger partial charge is 0.416 e. The summed E-state index contributed by atoms with van der Waals surface area (Å²) in [6.07, 6.45) is -3.41. The molecule has 3 amide bonds. The highest BCUT2D eigenvalue weighted by molar-refractivity contribution is 8.26. The Morgan fingerprint density at radius 3 is 2.45 bits per heavy atom. The minimum absolute atomic E-state index is 0.0943. The Bertz CT molecular complexity index is 1190. The van der Waals surface area contributed by atoms with E-state index < -0.39 is 35.5 Å². The number of anilines is 1. The lowest BCUT2D eigenvalue weighted by Gasteiger charge is -2.21. The summed E-state index contributed by atoms with van der Waals surface area (Å²) in [5.74, 6) is -1.42. The first-order valence-electron chi connectivity index (χ1n) is 9.55. The Hall–Kier alpha value is -3.18. The molecule has 0 N–H and O–H groups in total. The molecule has 11 heteroatoms. The molecule has 2 aliphatic rings. The molecule has 0 spiro atoms. The van der Waals surface area contributed by atoms with Crippen molar-refractivity contribution < 1.29 is 32.3 Å². The van der Waals surface area contributed by atoms with Crippen molar-refractivity contribution in [2.45, 2.75) is 18.6 Å². The average Bonchev–Trinajstić information content (AvgIpc) is 3.21. The molecule has 170 valence electrons. The van der Waals surface area contributed by atoms with Crippen LogP contribution < -0.4 is 9.64 Å². The van der Waals surface area contributed by atoms with E-state index >= 15 is 0 Å². The highest BCUT2D eigenvalue weighted by Crippen LogP contribution is 2.38. The number of thioether (sulfide) groups is 1. The number of ether oxygens (including phenoxy) is 1. The van der Waals surface area contributed by atoms with Gasteiger partial charge in [0.1, 0.15) is 16.1 Å². The van der Waals surface area contributed by atoms with E-state index in [0.29, 0.717) is 16.2 Å². The molecular formula is C22H15F3N2O4S2. The predicted molar refractivity (Wildman–Crippen MR) is 120 cm³/mol. The van der Waals surface area contributed by atoms with Crippen LogP contribution in [0.5, 0.6) is 5.75 Å². The van der Waals surface area contributed by atoms with E-state index in [1.165, 1.54) is 13.2 Å². The topological polar surface area (TPSA) is 66.9 Å². The van der Waals surface area contributed by atoms with Gasteiger partial charge >= 0.3 is 6.18 Å². The first kappa shape index (κ1) is 23.0. The van der Waals surface area contributed by atoms with E-state index in [-0.39, 0.29) is 21.3 Å². The van der Waals surface area contributed by atoms with Gasteiger partial charge in [-0.15, -0.1) is 0 Å². The van der Waals surface area contributed by atoms with Crippen molar-refractivity contribution in [3.8, 4) is 5.75 Å². The van der Waals surface area contributed by atoms with E-state index in [2.05, 4.69) is 0 Å². The molecule has 0 radical (unpaired) electrons. The van der Waals surface area contributed by atoms with Gasteiger partial charge in [0.05, 0.1) is 29.7 Å². The number of hydrogen-bond acceptors (Lipinski definition) is 6. The molecule has 2 aliphatic heterocycles. The zero-order valence-electron chi connectivity index (χ0n) is 17.0. The zero-order chi connectivity index (χ0) is 23.9. The second-order valence-corrected chi connectivity index (χ2v) is 8.84. The predicted octanol–water partition coefficient (Wildman–Crippen LogP) is 4.25. The second kappa shape index (κ2) is 8.64. The van der Waals surface area contributed by atoms with Gasteiger partial charge in [-0.05, 0) is 42.0 Å². The third kappa shape index (κ3) is 4.38. The molecule has 2 aromatic carbocycles. The SMILES string of the molecule is COc1ccc(/C=C2\SC(=S)N(C3CC(=O)N(c4cccc(C(F)(F)F)c4)C3=O)C2=O)cc1. The van der Waals surface area contributed by atoms with Crippen LogP contribution in [0.2, 0.25) is 0 Å². The largest absolute Gasteiger partial charge is 0.497 e. The lowest BCUT2D eigenvalue weighted by molar-refractivity contribution is -0.137. The van der Waals surface area contributed by atoms with E-state index in [1.807, 2.05) is 0 Å². The van der Waals surface area contributed by atoms with Crippen molar-refractivity contribution in [1.29, 1.82) is 0 Å². The van der Waals surface area contributed by atoms with Crippen molar-refractivity contribution in [2.24, 2.45) is 0 Å². The first-order valence-corrected chi connectivity index (χ1v) is 10.8. The summed E-state index contributed by atoms with van der Waals surface area (Å²) in [5, 5.41) is 0. The van der Waals surface area contributed by atoms with Gasteiger partial charge in [-0.2, -0.15) is 13.2 Å². The molecule has 2 aromatic rings. The Balaban J connectivity index is 1.59. The van der Waals surface area contributed by atoms with Gasteiger partial charge in [0.15, 0.2) is 0 Å². The lowest BCUT2D eigenvalue weighted by atomic mass is 10.1. The molecule has 33 heavy (non-hydrogen) atoms. The molecule has 6 nitrogen and oxygen atoms in total. The number of alkyl halides is 3. The number of carbonyl (C=O) groups is 3. The van der Waals surface area contributed by atoms with Crippen molar-refractivity contribution in [3.05, 3.63) is 64.6 Å². The fourth-order valence-corrected chi connectivity index (χ4v) is 4.87. The number of amides is 3. The van der Waals surface area contributed by atoms with Crippen LogP contribution >= 0.6 is 24.0 Å². The number of nitrogens with zero attached hydrogens (tertiary/aromatic N) is 2. The minimum Gasteiger partial charge on any atom is -0.497 e. The molecular weight excluding hydrogens is 477 g/mol. The summed E-state index contributed by atoms with van der Waals surface area (Å²) in [4.78, 5) is 40.6. The van der Waals surface area contributed by atoms with Crippen molar-refractivity contribution in [3.63, 3.8) is 0 Å². The summed E-state index contributed by atoms with van der Waals surface area (Å²) in [6.45, 7) is 0. The second-order valence-electron chi connectivity index (χ2n) is 7.16. The fraction of sp³-hybridized carbons (Fsp3) is 0.182. The Morgan fingerprint density at radius 2 is 1.82 bits per heavy atom. The van der Waals surface area contributed by atoms with Crippen LogP contribution in [0.1, 0.15) is 17.5 Å². The summed E-state index contributed by atoms with van der Waals surface area (Å²) in [6, 6.07) is 9.63. The monoisotopic (exact) mass is 492 g/mol. The van der Waals surface area contributed by atoms with E-state index in [4.69, 9.17) is 17.0 Å². The van der Waals surface area contributed by atoms with Crippen LogP contribution in [-0.4, -0.2) is 40.1 Å². The molecule has 2 saturated heterocycles. The van der Waals surface area contributed by atoms with Gasteiger partial charge < -0.3 is 4.74 Å². The molecule has 0 aromatic heterocycles. The van der Waals surface area contributed by atoms with Gasteiger partial charge in [-0.1, -0.05) is 42.2 Å². The van der Waals surface area contributed by atoms with Crippen LogP contribution in [-0.2, 0) is 20.6 Å². The summed E-state index contributed by atoms with van der Waals surface area (Å²) >= 11 is 6.27. The van der Waals surface area contributed by atoms with Gasteiger partial charge in [0, 0.05) is 0 Å². The van der Waals surface area contributed by atoms with Crippen LogP contribution in [0.25, 0.3) is 6.08 Å². The molecule has 0 saturated carbocycles. The maximum atomic E-state index is 13.1. The molecule has 0 aliphatic carbocycles. The lowest BCUT2D eigenvalue weighted by Crippen LogP contribution is -2.44. The maximum absolute atomic E-state index is 13.1. The number of thiocarbonyl (C=S) groups is 1. The number of halogens is 3. The van der Waals surface area contributed by atoms with Gasteiger partial charge in [-0.25, -0.2) is 4.90 Å². The fourth-order valence-electron chi connectivity index (χ4n) is 3.51. The van der Waals surface area contributed by atoms with E-state index in [0.717, 1.165) is 34.9 Å². The average molecular weight is 493 g/mol. The van der Waals surface area contributed by atoms with Gasteiger partial charge in [0.25, 0.3) is 11.8 Å². The first-order chi connectivity index (χ1) is 15.6. The maximum Gasteiger partial charge on any atom is 0.416 e. The van der Waals surface area contributed by atoms with Gasteiger partial charge in [-0.3, -0.25) is 19.3 Å². The van der Waals surface area contributed by atoms with Crippen LogP contribution in [0, 0.1) is 0 Å². The quantitative estimate of drug-likeness (QED) is 0.361. The highest BCUT2D eigenvalue weighted by atomic mass is 32.2. The molecule has 2 heterocycles. The molecule has 4 rings (SSSR count). The van der Waals surface area contributed by atoms with Gasteiger partial charge in [0.2, 0.25) is 5.91 Å². The summed E-state index contributed by atoms with van der Waals surface area (Å²) in [5.41, 5.74) is -0.491. The number of rotatable bonds is 4. The van der Waals surface area contributed by atoms with Crippen molar-refractivity contribution in [2.75, 3.05) is 12.0 Å². The molecule has 0 bridgehead atoms. The standard InChI is InChI=1S/C22H15F3N2O4S2/c1-31-15-7-5-12(6-8-15)9-17-20(30)27(21(32)33-17)16-11-18(28)26(19(16)29)14-4-2-3-13(10-14)22(23,24)25/h2-10,16H,11H2,1H3/b17-9-. The molecule has 2 fully saturated rings. The molecule has 1 unspecified atom stereocenters. The van der Waals surface area contributed by atoms with Crippen LogP contribution in [0.4, 0.5) is 18.9 Å². The number of hydrogen-bond donors (Lipinski definition) is 0. The van der Waals surface area contributed by atoms with Crippen LogP contribution in [0.3, 0.4) is 0 Å². The number of methoxy groups -OCH3 is 1. The third-order valence-electron chi connectivity index (χ3n) is 5.10. The van der Waals surface area contributed by atoms with Crippen molar-refractivity contribution in [1.82, 2.24) is 4.90 Å². The van der Waals surface area contributed by atoms with Crippen LogP contribution in [0.15, 0.2) is 53.4 Å². The third-order valence-corrected chi connectivity index (χ3v) is 6.43. The highest BCUT2D eigenvalue weighted by Gasteiger charge is 2.49. The Morgan fingerprint density at radius 1 is 1.12 bits per heavy atom. The number of carbonyl (C=O) groups excluding carboxylic acids is 3. The summed E-state index contributed by atoms with van der Waals surface area (Å²) < 4.78 is 44.4. The van der Waals surface area contributed by atoms with Crippen molar-refractivity contribution >= 4 is 57.8 Å². The zero-order valence-corrected chi connectivity index (χ0v) is 18.6. The number of benzene rings is 2. The Labute approximate surface area is 196 Å². The Kier molecular flexibility index (Phi) is 6.02. The normalized spacial score (nSPS) is 20.4. The van der Waals surface area contributed by atoms with E-state index in [9.17, 15) is 27.6 Å². The minimum atomic E-state index is -4.63. The van der Waals surface area contributed by atoms with E-state index in [1.54, 1.807) is 30.3 Å². The number of imide groups is 1.